The molecule has 6 heteroatoms. The molecule has 0 radical (unpaired) electrons. The van der Waals surface area contributed by atoms with Crippen LogP contribution in [0.1, 0.15) is 30.5 Å². The molecule has 5 nitrogen and oxygen atoms in total. The van der Waals surface area contributed by atoms with Crippen LogP contribution in [-0.4, -0.2) is 24.3 Å². The van der Waals surface area contributed by atoms with Crippen molar-refractivity contribution < 1.29 is 14.3 Å². The first-order valence-electron chi connectivity index (χ1n) is 10.7. The maximum absolute atomic E-state index is 11.8. The van der Waals surface area contributed by atoms with E-state index in [0.29, 0.717) is 23.9 Å². The van der Waals surface area contributed by atoms with Crippen molar-refractivity contribution in [2.75, 3.05) is 13.2 Å². The van der Waals surface area contributed by atoms with Gasteiger partial charge in [0.15, 0.2) is 5.17 Å². The van der Waals surface area contributed by atoms with Crippen molar-refractivity contribution in [1.82, 2.24) is 0 Å². The molecule has 0 spiro atoms. The maximum atomic E-state index is 11.8. The van der Waals surface area contributed by atoms with Gasteiger partial charge in [-0.25, -0.2) is 0 Å². The molecule has 0 saturated heterocycles. The smallest absolute Gasteiger partial charge is 0.286 e. The predicted octanol–water partition coefficient (Wildman–Crippen LogP) is 5.40. The SMILES string of the molecule is CC(C)(c1ccccc1)c1ccc(OCCOc2cccc(C=C3SC(N)=NC3=O)c2)cc1. The van der Waals surface area contributed by atoms with E-state index in [2.05, 4.69) is 55.2 Å². The topological polar surface area (TPSA) is 73.9 Å². The molecule has 1 amide bonds. The monoisotopic (exact) mass is 458 g/mol. The Hall–Kier alpha value is -3.51. The van der Waals surface area contributed by atoms with Gasteiger partial charge >= 0.3 is 0 Å². The van der Waals surface area contributed by atoms with E-state index < -0.39 is 0 Å². The van der Waals surface area contributed by atoms with Crippen LogP contribution in [0.15, 0.2) is 88.8 Å². The molecule has 3 aromatic rings. The Morgan fingerprint density at radius 3 is 2.21 bits per heavy atom. The van der Waals surface area contributed by atoms with Crippen molar-refractivity contribution in [2.45, 2.75) is 19.3 Å². The summed E-state index contributed by atoms with van der Waals surface area (Å²) in [5.41, 5.74) is 8.87. The van der Waals surface area contributed by atoms with Gasteiger partial charge in [-0.3, -0.25) is 4.79 Å². The van der Waals surface area contributed by atoms with E-state index in [0.717, 1.165) is 11.3 Å². The van der Waals surface area contributed by atoms with Gasteiger partial charge in [0.2, 0.25) is 0 Å². The zero-order valence-electron chi connectivity index (χ0n) is 18.7. The molecule has 0 fully saturated rings. The summed E-state index contributed by atoms with van der Waals surface area (Å²) in [7, 11) is 0. The van der Waals surface area contributed by atoms with Crippen LogP contribution in [0.4, 0.5) is 0 Å². The van der Waals surface area contributed by atoms with Gasteiger partial charge in [0.25, 0.3) is 5.91 Å². The molecule has 3 aromatic carbocycles. The van der Waals surface area contributed by atoms with Crippen LogP contribution >= 0.6 is 11.8 Å². The predicted molar refractivity (Wildman–Crippen MR) is 135 cm³/mol. The highest BCUT2D eigenvalue weighted by molar-refractivity contribution is 8.18. The molecule has 0 aromatic heterocycles. The van der Waals surface area contributed by atoms with E-state index in [-0.39, 0.29) is 16.5 Å². The van der Waals surface area contributed by atoms with Crippen molar-refractivity contribution in [2.24, 2.45) is 10.7 Å². The zero-order valence-corrected chi connectivity index (χ0v) is 19.5. The summed E-state index contributed by atoms with van der Waals surface area (Å²) in [5, 5.41) is 0.271. The van der Waals surface area contributed by atoms with E-state index in [1.165, 1.54) is 22.9 Å². The van der Waals surface area contributed by atoms with E-state index >= 15 is 0 Å². The number of aliphatic imine (C=N–C) groups is 1. The zero-order chi connectivity index (χ0) is 23.3. The molecular formula is C27H26N2O3S. The number of hydrogen-bond donors (Lipinski definition) is 1. The molecule has 0 saturated carbocycles. The number of carbonyl (C=O) groups is 1. The second-order valence-electron chi connectivity index (χ2n) is 8.15. The Morgan fingerprint density at radius 2 is 1.55 bits per heavy atom. The fourth-order valence-electron chi connectivity index (χ4n) is 3.58. The number of nitrogens with zero attached hydrogens (tertiary/aromatic N) is 1. The molecule has 1 aliphatic rings. The van der Waals surface area contributed by atoms with Gasteiger partial charge in [0, 0.05) is 5.41 Å². The van der Waals surface area contributed by atoms with Gasteiger partial charge < -0.3 is 15.2 Å². The minimum Gasteiger partial charge on any atom is -0.490 e. The first-order valence-corrected chi connectivity index (χ1v) is 11.5. The summed E-state index contributed by atoms with van der Waals surface area (Å²) in [4.78, 5) is 16.0. The fraction of sp³-hybridized carbons (Fsp3) is 0.185. The minimum atomic E-state index is -0.310. The highest BCUT2D eigenvalue weighted by Gasteiger charge is 2.22. The molecule has 0 bridgehead atoms. The van der Waals surface area contributed by atoms with E-state index in [1.807, 2.05) is 42.5 Å². The number of amides is 1. The lowest BCUT2D eigenvalue weighted by Crippen LogP contribution is -2.18. The molecule has 168 valence electrons. The summed E-state index contributed by atoms with van der Waals surface area (Å²) < 4.78 is 11.7. The summed E-state index contributed by atoms with van der Waals surface area (Å²) in [5.74, 6) is 1.20. The van der Waals surface area contributed by atoms with Crippen LogP contribution in [0, 0.1) is 0 Å². The van der Waals surface area contributed by atoms with E-state index in [1.54, 1.807) is 6.08 Å². The second kappa shape index (κ2) is 9.96. The maximum Gasteiger partial charge on any atom is 0.286 e. The number of thioether (sulfide) groups is 1. The van der Waals surface area contributed by atoms with Crippen molar-refractivity contribution in [3.8, 4) is 11.5 Å². The Kier molecular flexibility index (Phi) is 6.84. The lowest BCUT2D eigenvalue weighted by molar-refractivity contribution is -0.113. The Balaban J connectivity index is 1.29. The lowest BCUT2D eigenvalue weighted by atomic mass is 9.78. The molecule has 0 atom stereocenters. The summed E-state index contributed by atoms with van der Waals surface area (Å²) in [6.45, 7) is 5.27. The number of benzene rings is 3. The number of hydrogen-bond acceptors (Lipinski definition) is 5. The third-order valence-corrected chi connectivity index (χ3v) is 6.30. The first-order chi connectivity index (χ1) is 15.9. The van der Waals surface area contributed by atoms with Gasteiger partial charge in [-0.05, 0) is 58.8 Å². The molecule has 33 heavy (non-hydrogen) atoms. The van der Waals surface area contributed by atoms with Crippen molar-refractivity contribution >= 4 is 28.9 Å². The quantitative estimate of drug-likeness (QED) is 0.361. The van der Waals surface area contributed by atoms with Crippen LogP contribution in [0.2, 0.25) is 0 Å². The van der Waals surface area contributed by atoms with Gasteiger partial charge in [-0.15, -0.1) is 0 Å². The van der Waals surface area contributed by atoms with Crippen LogP contribution in [-0.2, 0) is 10.2 Å². The van der Waals surface area contributed by atoms with Gasteiger partial charge in [-0.2, -0.15) is 4.99 Å². The highest BCUT2D eigenvalue weighted by atomic mass is 32.2. The van der Waals surface area contributed by atoms with Crippen LogP contribution in [0.25, 0.3) is 6.08 Å². The third kappa shape index (κ3) is 5.65. The molecular weight excluding hydrogens is 432 g/mol. The van der Waals surface area contributed by atoms with E-state index in [9.17, 15) is 4.79 Å². The number of carbonyl (C=O) groups excluding carboxylic acids is 1. The second-order valence-corrected chi connectivity index (χ2v) is 9.21. The first kappa shape index (κ1) is 22.7. The average molecular weight is 459 g/mol. The average Bonchev–Trinajstić information content (AvgIpc) is 3.14. The molecule has 0 aliphatic carbocycles. The Morgan fingerprint density at radius 1 is 0.879 bits per heavy atom. The highest BCUT2D eigenvalue weighted by Crippen LogP contribution is 2.32. The molecule has 0 unspecified atom stereocenters. The number of amidine groups is 1. The standard InChI is InChI=1S/C27H26N2O3S/c1-27(2,20-8-4-3-5-9-20)21-11-13-22(14-12-21)31-15-16-32-23-10-6-7-19(17-23)18-24-25(30)29-26(28)33-24/h3-14,17-18H,15-16H2,1-2H3,(H2,28,29,30). The van der Waals surface area contributed by atoms with E-state index in [4.69, 9.17) is 15.2 Å². The minimum absolute atomic E-state index is 0.0807. The number of nitrogens with two attached hydrogens (primary N) is 1. The van der Waals surface area contributed by atoms with Crippen molar-refractivity contribution in [3.05, 3.63) is 100 Å². The largest absolute Gasteiger partial charge is 0.490 e. The molecule has 1 aliphatic heterocycles. The molecule has 4 rings (SSSR count). The van der Waals surface area contributed by atoms with Gasteiger partial charge in [-0.1, -0.05) is 68.4 Å². The number of rotatable bonds is 8. The van der Waals surface area contributed by atoms with Crippen molar-refractivity contribution in [3.63, 3.8) is 0 Å². The van der Waals surface area contributed by atoms with Crippen LogP contribution in [0.5, 0.6) is 11.5 Å². The van der Waals surface area contributed by atoms with Gasteiger partial charge in [0.05, 0.1) is 4.91 Å². The Bertz CT molecular complexity index is 1190. The fourth-order valence-corrected chi connectivity index (χ4v) is 4.26. The molecule has 1 heterocycles. The van der Waals surface area contributed by atoms with Gasteiger partial charge in [0.1, 0.15) is 24.7 Å². The summed E-state index contributed by atoms with van der Waals surface area (Å²) in [6.07, 6.45) is 1.76. The summed E-state index contributed by atoms with van der Waals surface area (Å²) >= 11 is 1.17. The Labute approximate surface area is 198 Å². The lowest BCUT2D eigenvalue weighted by Gasteiger charge is -2.26. The van der Waals surface area contributed by atoms with Crippen LogP contribution in [0.3, 0.4) is 0 Å². The number of ether oxygens (including phenoxy) is 2. The van der Waals surface area contributed by atoms with Crippen LogP contribution < -0.4 is 15.2 Å². The summed E-state index contributed by atoms with van der Waals surface area (Å²) in [6, 6.07) is 26.2. The third-order valence-electron chi connectivity index (χ3n) is 5.49. The van der Waals surface area contributed by atoms with Crippen molar-refractivity contribution in [1.29, 1.82) is 0 Å². The molecule has 2 N–H and O–H groups in total. The normalized spacial score (nSPS) is 14.9.